The van der Waals surface area contributed by atoms with Crippen molar-refractivity contribution < 1.29 is 38.2 Å². The quantitative estimate of drug-likeness (QED) is 0.191. The zero-order valence-electron chi connectivity index (χ0n) is 44.0. The standard InChI is InChI=1S/C55H77N9O8/c1-11-46(65)63-28-29-72-55(37(63)6)21-26-61(27-22-55)53(69)59(9)48(35(3)4)50(66)57-44-33-60-24-14-16-39(32-60)38-19-20-45-41(30-38)42(49(62(45)12-2)40-17-13-23-56-47(40)36(5)70-10)31-54(7,8)34-71-52(68)43-18-15-25-64(58-43)51(44)67/h11,13,16-17,19-20,23,30,35-37,43-44,48,58H,1,12,14-15,18,21-22,24-29,31-34H2,2-10H3,(H,57,66)/t36-,37+,43-,44-,48-/m0/s1. The Morgan fingerprint density at radius 1 is 1.08 bits per heavy atom. The number of aryl methyl sites for hydroxylation is 1. The molecule has 8 rings (SSSR count). The molecule has 6 bridgehead atoms. The number of nitrogens with zero attached hydrogens (tertiary/aromatic N) is 7. The molecule has 1 unspecified atom stereocenters. The highest BCUT2D eigenvalue weighted by atomic mass is 16.5. The van der Waals surface area contributed by atoms with Gasteiger partial charge >= 0.3 is 12.0 Å². The van der Waals surface area contributed by atoms with E-state index in [0.717, 1.165) is 51.0 Å². The number of carbonyl (C=O) groups is 5. The first kappa shape index (κ1) is 52.7. The van der Waals surface area contributed by atoms with Gasteiger partial charge in [-0.2, -0.15) is 0 Å². The van der Waals surface area contributed by atoms with E-state index in [4.69, 9.17) is 19.2 Å². The van der Waals surface area contributed by atoms with Crippen LogP contribution in [-0.4, -0.2) is 167 Å². The van der Waals surface area contributed by atoms with Gasteiger partial charge in [0.1, 0.15) is 18.1 Å². The molecule has 0 aliphatic carbocycles. The Bertz CT molecular complexity index is 2560. The van der Waals surface area contributed by atoms with Crippen LogP contribution in [0, 0.1) is 11.3 Å². The molecular formula is C55H77N9O8. The van der Waals surface area contributed by atoms with E-state index in [1.807, 2.05) is 33.8 Å². The molecule has 3 saturated heterocycles. The van der Waals surface area contributed by atoms with E-state index in [2.05, 4.69) is 77.9 Å². The lowest BCUT2D eigenvalue weighted by Crippen LogP contribution is -2.65. The topological polar surface area (TPSA) is 171 Å². The Morgan fingerprint density at radius 2 is 1.85 bits per heavy atom. The summed E-state index contributed by atoms with van der Waals surface area (Å²) < 4.78 is 20.7. The number of aromatic nitrogens is 2. The zero-order valence-corrected chi connectivity index (χ0v) is 44.0. The number of fused-ring (bicyclic) bond motifs is 6. The molecule has 3 aromatic rings. The van der Waals surface area contributed by atoms with E-state index in [-0.39, 0.29) is 49.1 Å². The summed E-state index contributed by atoms with van der Waals surface area (Å²) in [4.78, 5) is 82.8. The second-order valence-corrected chi connectivity index (χ2v) is 21.6. The third kappa shape index (κ3) is 10.6. The molecule has 5 aliphatic rings. The molecule has 1 spiro atoms. The fourth-order valence-electron chi connectivity index (χ4n) is 11.8. The van der Waals surface area contributed by atoms with Crippen LogP contribution in [0.25, 0.3) is 27.7 Å². The van der Waals surface area contributed by atoms with Crippen LogP contribution in [0.1, 0.15) is 103 Å². The van der Waals surface area contributed by atoms with Gasteiger partial charge in [-0.15, -0.1) is 0 Å². The number of hydrogen-bond donors (Lipinski definition) is 2. The van der Waals surface area contributed by atoms with Crippen LogP contribution in [0.15, 0.2) is 55.3 Å². The van der Waals surface area contributed by atoms with E-state index in [0.29, 0.717) is 84.5 Å². The Morgan fingerprint density at radius 3 is 2.56 bits per heavy atom. The van der Waals surface area contributed by atoms with Crippen LogP contribution in [0.5, 0.6) is 0 Å². The lowest BCUT2D eigenvalue weighted by atomic mass is 9.82. The maximum absolute atomic E-state index is 14.9. The number of likely N-dealkylation sites (tertiary alicyclic amines) is 1. The van der Waals surface area contributed by atoms with Gasteiger partial charge in [-0.3, -0.25) is 34.1 Å². The van der Waals surface area contributed by atoms with Crippen molar-refractivity contribution in [3.8, 4) is 11.3 Å². The molecule has 7 heterocycles. The number of nitrogens with one attached hydrogen (secondary N) is 2. The molecule has 1 aromatic carbocycles. The summed E-state index contributed by atoms with van der Waals surface area (Å²) >= 11 is 0. The van der Waals surface area contributed by atoms with E-state index in [1.54, 1.807) is 30.2 Å². The molecule has 0 radical (unpaired) electrons. The molecule has 390 valence electrons. The number of esters is 1. The minimum atomic E-state index is -1.01. The predicted octanol–water partition coefficient (Wildman–Crippen LogP) is 5.97. The fourth-order valence-corrected chi connectivity index (χ4v) is 11.8. The van der Waals surface area contributed by atoms with Gasteiger partial charge < -0.3 is 38.8 Å². The van der Waals surface area contributed by atoms with Gasteiger partial charge in [0, 0.05) is 94.6 Å². The molecule has 3 fully saturated rings. The normalized spacial score (nSPS) is 24.5. The van der Waals surface area contributed by atoms with Crippen molar-refractivity contribution in [2.24, 2.45) is 11.3 Å². The van der Waals surface area contributed by atoms with Crippen LogP contribution in [0.2, 0.25) is 0 Å². The van der Waals surface area contributed by atoms with E-state index in [9.17, 15) is 24.0 Å². The molecule has 17 nitrogen and oxygen atoms in total. The third-order valence-electron chi connectivity index (χ3n) is 15.9. The fraction of sp³-hybridized carbons (Fsp3) is 0.600. The lowest BCUT2D eigenvalue weighted by molar-refractivity contribution is -0.173. The SMILES string of the molecule is C=CC(=O)N1CCOC2(CCN(C(=O)N(C)[C@H](C(=O)N[C@H]3CN4CCC=C(C4)c4ccc5c(c4)c(c(-c4cccnc4[C@H](C)OC)n5CC)CC(C)(C)COC(=O)[C@@H]4CCCN(N4)C3=O)C(C)C)CC2)[C@H]1C. The maximum Gasteiger partial charge on any atom is 0.324 e. The number of cyclic esters (lactones) is 1. The number of urea groups is 1. The number of rotatable bonds is 9. The summed E-state index contributed by atoms with van der Waals surface area (Å²) in [6, 6.07) is 7.58. The first-order chi connectivity index (χ1) is 34.4. The lowest BCUT2D eigenvalue weighted by Gasteiger charge is -2.52. The summed E-state index contributed by atoms with van der Waals surface area (Å²) in [6.45, 7) is 22.2. The van der Waals surface area contributed by atoms with Crippen molar-refractivity contribution in [2.45, 2.75) is 129 Å². The number of morpholine rings is 1. The van der Waals surface area contributed by atoms with Crippen LogP contribution >= 0.6 is 0 Å². The van der Waals surface area contributed by atoms with Gasteiger partial charge in [0.05, 0.1) is 42.3 Å². The van der Waals surface area contributed by atoms with E-state index >= 15 is 0 Å². The number of likely N-dealkylation sites (N-methyl/N-ethyl adjacent to an activating group) is 1. The highest BCUT2D eigenvalue weighted by Crippen LogP contribution is 2.42. The summed E-state index contributed by atoms with van der Waals surface area (Å²) in [5.41, 5.74) is 9.47. The predicted molar refractivity (Wildman–Crippen MR) is 276 cm³/mol. The van der Waals surface area contributed by atoms with Crippen molar-refractivity contribution in [1.82, 2.24) is 44.9 Å². The first-order valence-corrected chi connectivity index (χ1v) is 26.1. The smallest absolute Gasteiger partial charge is 0.324 e. The van der Waals surface area contributed by atoms with Crippen molar-refractivity contribution in [1.29, 1.82) is 0 Å². The van der Waals surface area contributed by atoms with Crippen LogP contribution < -0.4 is 10.7 Å². The number of methoxy groups -OCH3 is 1. The van der Waals surface area contributed by atoms with Crippen LogP contribution in [-0.2, 0) is 46.4 Å². The summed E-state index contributed by atoms with van der Waals surface area (Å²) in [6.07, 6.45) is 8.62. The van der Waals surface area contributed by atoms with Gasteiger partial charge in [0.2, 0.25) is 11.8 Å². The van der Waals surface area contributed by atoms with Crippen LogP contribution in [0.3, 0.4) is 0 Å². The molecule has 2 aromatic heterocycles. The van der Waals surface area contributed by atoms with Gasteiger partial charge in [-0.1, -0.05) is 46.4 Å². The van der Waals surface area contributed by atoms with E-state index in [1.165, 1.54) is 16.0 Å². The summed E-state index contributed by atoms with van der Waals surface area (Å²) in [5, 5.41) is 5.72. The Balaban J connectivity index is 1.09. The number of hydrogen-bond acceptors (Lipinski definition) is 11. The summed E-state index contributed by atoms with van der Waals surface area (Å²) in [5.74, 6) is -1.68. The van der Waals surface area contributed by atoms with Crippen LogP contribution in [0.4, 0.5) is 4.79 Å². The minimum absolute atomic E-state index is 0.136. The molecule has 17 heteroatoms. The highest BCUT2D eigenvalue weighted by Gasteiger charge is 2.48. The molecule has 5 aliphatic heterocycles. The summed E-state index contributed by atoms with van der Waals surface area (Å²) in [7, 11) is 3.34. The average molecular weight is 992 g/mol. The number of piperidine rings is 1. The van der Waals surface area contributed by atoms with Crippen molar-refractivity contribution in [2.75, 3.05) is 73.2 Å². The molecule has 2 N–H and O–H groups in total. The monoisotopic (exact) mass is 992 g/mol. The number of carbonyl (C=O) groups excluding carboxylic acids is 5. The zero-order chi connectivity index (χ0) is 51.6. The van der Waals surface area contributed by atoms with Crippen molar-refractivity contribution in [3.05, 3.63) is 72.1 Å². The number of benzene rings is 1. The van der Waals surface area contributed by atoms with Gasteiger partial charge in [-0.25, -0.2) is 10.2 Å². The highest BCUT2D eigenvalue weighted by molar-refractivity contribution is 5.95. The van der Waals surface area contributed by atoms with Crippen molar-refractivity contribution in [3.63, 3.8) is 0 Å². The van der Waals surface area contributed by atoms with Gasteiger partial charge in [0.15, 0.2) is 0 Å². The minimum Gasteiger partial charge on any atom is -0.464 e. The van der Waals surface area contributed by atoms with Crippen molar-refractivity contribution >= 4 is 46.2 Å². The average Bonchev–Trinajstić information content (AvgIpc) is 3.68. The number of amides is 5. The number of pyridine rings is 1. The molecule has 6 atom stereocenters. The second-order valence-electron chi connectivity index (χ2n) is 21.6. The number of ether oxygens (including phenoxy) is 3. The number of hydrazine groups is 1. The molecular weight excluding hydrogens is 915 g/mol. The third-order valence-corrected chi connectivity index (χ3v) is 15.9. The molecule has 72 heavy (non-hydrogen) atoms. The largest absolute Gasteiger partial charge is 0.464 e. The Labute approximate surface area is 425 Å². The molecule has 0 saturated carbocycles. The molecule has 5 amide bonds. The Hall–Kier alpha value is -5.62. The Kier molecular flexibility index (Phi) is 16.0. The van der Waals surface area contributed by atoms with E-state index < -0.39 is 41.0 Å². The van der Waals surface area contributed by atoms with Gasteiger partial charge in [0.25, 0.3) is 5.91 Å². The second kappa shape index (κ2) is 21.8. The first-order valence-electron chi connectivity index (χ1n) is 26.1. The maximum atomic E-state index is 14.9. The van der Waals surface area contributed by atoms with Gasteiger partial charge in [-0.05, 0) is 112 Å².